The zero-order valence-electron chi connectivity index (χ0n) is 14.4. The molecule has 1 aromatic carbocycles. The van der Waals surface area contributed by atoms with Crippen molar-refractivity contribution < 1.29 is 36.5 Å². The van der Waals surface area contributed by atoms with Gasteiger partial charge in [0.25, 0.3) is 0 Å². The molecule has 1 saturated heterocycles. The number of alkyl halides is 5. The molecule has 2 unspecified atom stereocenters. The molecule has 0 spiro atoms. The van der Waals surface area contributed by atoms with Gasteiger partial charge in [0.05, 0.1) is 6.04 Å². The number of hydrogen-bond acceptors (Lipinski definition) is 5. The first-order chi connectivity index (χ1) is 13.2. The molecule has 0 saturated carbocycles. The lowest BCUT2D eigenvalue weighted by Crippen LogP contribution is -2.43. The summed E-state index contributed by atoms with van der Waals surface area (Å²) in [5.41, 5.74) is 0.297. The van der Waals surface area contributed by atoms with Crippen LogP contribution in [0.15, 0.2) is 42.6 Å². The second-order valence-corrected chi connectivity index (χ2v) is 6.20. The van der Waals surface area contributed by atoms with Gasteiger partial charge in [-0.15, -0.1) is 0 Å². The molecule has 1 aliphatic heterocycles. The Morgan fingerprint density at radius 2 is 1.75 bits per heavy atom. The number of halogens is 5. The van der Waals surface area contributed by atoms with Crippen LogP contribution in [0.3, 0.4) is 0 Å². The smallest absolute Gasteiger partial charge is 0.499 e. The average Bonchev–Trinajstić information content (AvgIpc) is 2.63. The fourth-order valence-electron chi connectivity index (χ4n) is 2.90. The van der Waals surface area contributed by atoms with E-state index in [9.17, 15) is 27.1 Å². The first-order valence-electron chi connectivity index (χ1n) is 8.45. The highest BCUT2D eigenvalue weighted by Crippen LogP contribution is 2.41. The highest BCUT2D eigenvalue weighted by molar-refractivity contribution is 5.40. The molecular weight excluding hydrogens is 387 g/mol. The maximum Gasteiger partial charge on any atom is 0.499 e. The van der Waals surface area contributed by atoms with Crippen molar-refractivity contribution in [2.45, 2.75) is 37.3 Å². The predicted octanol–water partition coefficient (Wildman–Crippen LogP) is 4.19. The molecule has 2 atom stereocenters. The molecular formula is C18H17F5N2O3. The van der Waals surface area contributed by atoms with Crippen LogP contribution in [-0.2, 0) is 0 Å². The number of aromatic hydroxyl groups is 1. The first-order valence-corrected chi connectivity index (χ1v) is 8.45. The van der Waals surface area contributed by atoms with Crippen LogP contribution in [0.5, 0.6) is 17.2 Å². The quantitative estimate of drug-likeness (QED) is 0.732. The second-order valence-electron chi connectivity index (χ2n) is 6.20. The lowest BCUT2D eigenvalue weighted by atomic mass is 9.97. The van der Waals surface area contributed by atoms with E-state index in [0.29, 0.717) is 25.1 Å². The highest BCUT2D eigenvalue weighted by Gasteiger charge is 2.61. The zero-order chi connectivity index (χ0) is 20.4. The van der Waals surface area contributed by atoms with E-state index in [4.69, 9.17) is 4.74 Å². The van der Waals surface area contributed by atoms with Crippen LogP contribution in [0.25, 0.3) is 0 Å². The summed E-state index contributed by atoms with van der Waals surface area (Å²) in [6.07, 6.45) is -9.28. The molecule has 0 aliphatic carbocycles. The van der Waals surface area contributed by atoms with Crippen LogP contribution < -0.4 is 14.8 Å². The average molecular weight is 404 g/mol. The van der Waals surface area contributed by atoms with E-state index in [2.05, 4.69) is 15.0 Å². The molecule has 5 nitrogen and oxygen atoms in total. The lowest BCUT2D eigenvalue weighted by Gasteiger charge is -2.33. The first kappa shape index (κ1) is 20.1. The lowest BCUT2D eigenvalue weighted by molar-refractivity contribution is -0.360. The fourth-order valence-corrected chi connectivity index (χ4v) is 2.90. The molecule has 2 aromatic rings. The van der Waals surface area contributed by atoms with Gasteiger partial charge in [-0.3, -0.25) is 4.98 Å². The van der Waals surface area contributed by atoms with E-state index in [0.717, 1.165) is 6.07 Å². The van der Waals surface area contributed by atoms with Gasteiger partial charge in [-0.05, 0) is 43.7 Å². The van der Waals surface area contributed by atoms with Crippen LogP contribution in [0, 0.1) is 0 Å². The Kier molecular flexibility index (Phi) is 5.59. The van der Waals surface area contributed by atoms with Crippen molar-refractivity contribution in [2.75, 3.05) is 6.54 Å². The Balaban J connectivity index is 1.85. The number of aromatic nitrogens is 1. The topological polar surface area (TPSA) is 63.6 Å². The van der Waals surface area contributed by atoms with E-state index in [1.807, 2.05) is 0 Å². The van der Waals surface area contributed by atoms with E-state index < -0.39 is 30.2 Å². The molecule has 2 N–H and O–H groups in total. The van der Waals surface area contributed by atoms with Gasteiger partial charge >= 0.3 is 12.3 Å². The minimum atomic E-state index is -5.87. The van der Waals surface area contributed by atoms with Crippen molar-refractivity contribution in [1.82, 2.24) is 10.3 Å². The molecule has 0 bridgehead atoms. The Hall–Kier alpha value is -2.62. The minimum absolute atomic E-state index is 0.0800. The summed E-state index contributed by atoms with van der Waals surface area (Å²) in [5.74, 6) is -1.08. The highest BCUT2D eigenvalue weighted by atomic mass is 19.4. The summed E-state index contributed by atoms with van der Waals surface area (Å²) in [6.45, 7) is 0.602. The van der Waals surface area contributed by atoms with Gasteiger partial charge in [0, 0.05) is 6.20 Å². The van der Waals surface area contributed by atoms with Gasteiger partial charge < -0.3 is 19.9 Å². The van der Waals surface area contributed by atoms with E-state index >= 15 is 0 Å². The Labute approximate surface area is 157 Å². The Morgan fingerprint density at radius 1 is 1.04 bits per heavy atom. The van der Waals surface area contributed by atoms with Gasteiger partial charge in [0.1, 0.15) is 17.5 Å². The molecule has 0 radical (unpaired) electrons. The monoisotopic (exact) mass is 404 g/mol. The SMILES string of the molecule is Oc1cccnc1C1NCCCC1Oc1ccccc1OC(F)(F)C(F)(F)F. The maximum absolute atomic E-state index is 13.3. The molecule has 152 valence electrons. The van der Waals surface area contributed by atoms with Crippen molar-refractivity contribution in [3.63, 3.8) is 0 Å². The standard InChI is InChI=1S/C18H17F5N2O3/c19-17(20,21)18(22,23)28-13-7-2-1-6-12(13)27-14-8-4-10-25-16(14)15-11(26)5-3-9-24-15/h1-3,5-7,9,14,16,25-26H,4,8,10H2. The molecule has 10 heteroatoms. The zero-order valence-corrected chi connectivity index (χ0v) is 14.4. The normalized spacial score (nSPS) is 20.6. The second kappa shape index (κ2) is 7.78. The number of nitrogens with one attached hydrogen (secondary N) is 1. The third-order valence-corrected chi connectivity index (χ3v) is 4.21. The van der Waals surface area contributed by atoms with Crippen LogP contribution in [-0.4, -0.2) is 35.0 Å². The van der Waals surface area contributed by atoms with E-state index in [1.54, 1.807) is 6.07 Å². The molecule has 1 aromatic heterocycles. The van der Waals surface area contributed by atoms with Crippen molar-refractivity contribution in [3.8, 4) is 17.2 Å². The van der Waals surface area contributed by atoms with Crippen molar-refractivity contribution in [1.29, 1.82) is 0 Å². The number of para-hydroxylation sites is 2. The number of pyridine rings is 1. The number of rotatable bonds is 5. The van der Waals surface area contributed by atoms with Crippen LogP contribution in [0.2, 0.25) is 0 Å². The van der Waals surface area contributed by atoms with Crippen LogP contribution in [0.4, 0.5) is 22.0 Å². The molecule has 1 fully saturated rings. The summed E-state index contributed by atoms with van der Waals surface area (Å²) in [4.78, 5) is 4.12. The summed E-state index contributed by atoms with van der Waals surface area (Å²) in [5, 5.41) is 13.2. The number of nitrogens with zero attached hydrogens (tertiary/aromatic N) is 1. The maximum atomic E-state index is 13.3. The van der Waals surface area contributed by atoms with Gasteiger partial charge in [-0.1, -0.05) is 12.1 Å². The Bertz CT molecular complexity index is 816. The summed E-state index contributed by atoms with van der Waals surface area (Å²) in [6, 6.07) is 7.31. The van der Waals surface area contributed by atoms with Crippen LogP contribution >= 0.6 is 0 Å². The largest absolute Gasteiger partial charge is 0.506 e. The van der Waals surface area contributed by atoms with Gasteiger partial charge in [-0.2, -0.15) is 22.0 Å². The Morgan fingerprint density at radius 3 is 2.43 bits per heavy atom. The summed E-state index contributed by atoms with van der Waals surface area (Å²) >= 11 is 0. The summed E-state index contributed by atoms with van der Waals surface area (Å²) < 4.78 is 73.7. The molecule has 28 heavy (non-hydrogen) atoms. The number of piperidine rings is 1. The number of hydrogen-bond donors (Lipinski definition) is 2. The van der Waals surface area contributed by atoms with Gasteiger partial charge in [0.15, 0.2) is 11.5 Å². The predicted molar refractivity (Wildman–Crippen MR) is 88.4 cm³/mol. The molecule has 3 rings (SSSR count). The van der Waals surface area contributed by atoms with E-state index in [1.165, 1.54) is 30.5 Å². The fraction of sp³-hybridized carbons (Fsp3) is 0.389. The van der Waals surface area contributed by atoms with Gasteiger partial charge in [0.2, 0.25) is 0 Å². The molecule has 0 amide bonds. The van der Waals surface area contributed by atoms with E-state index in [-0.39, 0.29) is 11.5 Å². The molecule has 2 heterocycles. The molecule has 1 aliphatic rings. The minimum Gasteiger partial charge on any atom is -0.506 e. The van der Waals surface area contributed by atoms with Crippen molar-refractivity contribution >= 4 is 0 Å². The summed E-state index contributed by atoms with van der Waals surface area (Å²) in [7, 11) is 0. The van der Waals surface area contributed by atoms with Crippen molar-refractivity contribution in [2.24, 2.45) is 0 Å². The third kappa shape index (κ3) is 4.27. The third-order valence-electron chi connectivity index (χ3n) is 4.21. The van der Waals surface area contributed by atoms with Gasteiger partial charge in [-0.25, -0.2) is 0 Å². The van der Waals surface area contributed by atoms with Crippen molar-refractivity contribution in [3.05, 3.63) is 48.3 Å². The number of benzene rings is 1. The number of ether oxygens (including phenoxy) is 2. The van der Waals surface area contributed by atoms with Crippen LogP contribution in [0.1, 0.15) is 24.6 Å².